The van der Waals surface area contributed by atoms with Crippen LogP contribution in [0.1, 0.15) is 35.3 Å². The van der Waals surface area contributed by atoms with Gasteiger partial charge in [0, 0.05) is 31.5 Å². The maximum atomic E-state index is 12.4. The molecule has 0 bridgehead atoms. The van der Waals surface area contributed by atoms with E-state index in [9.17, 15) is 9.59 Å². The number of benzene rings is 1. The van der Waals surface area contributed by atoms with E-state index in [2.05, 4.69) is 15.6 Å². The largest absolute Gasteiger partial charge is 0.351 e. The molecule has 1 saturated heterocycles. The van der Waals surface area contributed by atoms with Crippen LogP contribution in [-0.4, -0.2) is 41.5 Å². The molecule has 1 aliphatic rings. The summed E-state index contributed by atoms with van der Waals surface area (Å²) in [5.74, 6) is 0.391. The highest BCUT2D eigenvalue weighted by Crippen LogP contribution is 2.21. The molecule has 1 fully saturated rings. The summed E-state index contributed by atoms with van der Waals surface area (Å²) >= 11 is 0. The van der Waals surface area contributed by atoms with Crippen molar-refractivity contribution < 1.29 is 9.59 Å². The van der Waals surface area contributed by atoms with Crippen LogP contribution in [-0.2, 0) is 0 Å². The number of likely N-dealkylation sites (tertiary alicyclic amines) is 1. The highest BCUT2D eigenvalue weighted by Gasteiger charge is 2.23. The molecule has 1 aliphatic heterocycles. The molecular weight excluding hydrogens is 340 g/mol. The van der Waals surface area contributed by atoms with E-state index in [1.54, 1.807) is 24.4 Å². The normalized spacial score (nSPS) is 14.6. The van der Waals surface area contributed by atoms with Gasteiger partial charge in [0.2, 0.25) is 0 Å². The molecule has 0 unspecified atom stereocenters. The molecule has 1 aromatic carbocycles. The van der Waals surface area contributed by atoms with Crippen LogP contribution in [0.25, 0.3) is 0 Å². The van der Waals surface area contributed by atoms with Gasteiger partial charge in [0.05, 0.1) is 0 Å². The predicted molar refractivity (Wildman–Crippen MR) is 106 cm³/mol. The molecule has 2 aromatic rings. The summed E-state index contributed by atoms with van der Waals surface area (Å²) in [5.41, 5.74) is 2.37. The average Bonchev–Trinajstić information content (AvgIpc) is 2.71. The van der Waals surface area contributed by atoms with Gasteiger partial charge in [-0.15, -0.1) is 0 Å². The zero-order valence-corrected chi connectivity index (χ0v) is 15.6. The monoisotopic (exact) mass is 366 g/mol. The molecule has 6 nitrogen and oxygen atoms in total. The van der Waals surface area contributed by atoms with Gasteiger partial charge in [-0.3, -0.25) is 9.78 Å². The number of hydrogen-bond acceptors (Lipinski definition) is 3. The minimum atomic E-state index is -0.134. The number of nitrogens with zero attached hydrogens (tertiary/aromatic N) is 2. The molecule has 0 atom stereocenters. The molecule has 6 heteroatoms. The van der Waals surface area contributed by atoms with E-state index >= 15 is 0 Å². The highest BCUT2D eigenvalue weighted by atomic mass is 16.2. The lowest BCUT2D eigenvalue weighted by atomic mass is 9.93. The van der Waals surface area contributed by atoms with Crippen LogP contribution in [0.4, 0.5) is 10.5 Å². The first-order valence-electron chi connectivity index (χ1n) is 9.44. The lowest BCUT2D eigenvalue weighted by Gasteiger charge is -2.32. The van der Waals surface area contributed by atoms with E-state index in [1.165, 1.54) is 0 Å². The topological polar surface area (TPSA) is 74.3 Å². The minimum Gasteiger partial charge on any atom is -0.351 e. The van der Waals surface area contributed by atoms with Crippen molar-refractivity contribution in [2.45, 2.75) is 26.2 Å². The summed E-state index contributed by atoms with van der Waals surface area (Å²) in [6.45, 7) is 4.11. The second kappa shape index (κ2) is 9.16. The summed E-state index contributed by atoms with van der Waals surface area (Å²) in [5, 5.41) is 5.92. The Morgan fingerprint density at radius 3 is 2.56 bits per heavy atom. The Morgan fingerprint density at radius 1 is 1.11 bits per heavy atom. The Labute approximate surface area is 160 Å². The first-order chi connectivity index (χ1) is 13.1. The summed E-state index contributed by atoms with van der Waals surface area (Å²) in [6.07, 6.45) is 4.46. The van der Waals surface area contributed by atoms with Gasteiger partial charge in [0.15, 0.2) is 0 Å². The average molecular weight is 366 g/mol. The van der Waals surface area contributed by atoms with Gasteiger partial charge in [-0.25, -0.2) is 4.79 Å². The van der Waals surface area contributed by atoms with Crippen LogP contribution in [0.15, 0.2) is 48.7 Å². The maximum Gasteiger partial charge on any atom is 0.321 e. The second-order valence-electron chi connectivity index (χ2n) is 6.94. The molecule has 1 aromatic heterocycles. The molecule has 3 amide bonds. The summed E-state index contributed by atoms with van der Waals surface area (Å²) < 4.78 is 0. The van der Waals surface area contributed by atoms with Crippen molar-refractivity contribution in [3.05, 3.63) is 59.9 Å². The third-order valence-corrected chi connectivity index (χ3v) is 5.02. The van der Waals surface area contributed by atoms with Crippen molar-refractivity contribution >= 4 is 17.6 Å². The summed E-state index contributed by atoms with van der Waals surface area (Å²) in [7, 11) is 0. The Hall–Kier alpha value is -2.89. The van der Waals surface area contributed by atoms with Gasteiger partial charge in [-0.1, -0.05) is 24.3 Å². The molecule has 3 rings (SSSR count). The fourth-order valence-electron chi connectivity index (χ4n) is 3.31. The van der Waals surface area contributed by atoms with E-state index in [1.807, 2.05) is 36.1 Å². The number of piperidine rings is 1. The molecule has 2 N–H and O–H groups in total. The third kappa shape index (κ3) is 5.29. The number of rotatable bonds is 5. The van der Waals surface area contributed by atoms with Crippen LogP contribution < -0.4 is 10.6 Å². The number of aromatic nitrogens is 1. The molecule has 0 saturated carbocycles. The maximum absolute atomic E-state index is 12.4. The number of urea groups is 1. The standard InChI is InChI=1S/C21H26N4O2/c1-16-6-2-3-7-18(16)24-21(27)25-14-10-17(11-15-25)9-13-23-20(26)19-8-4-5-12-22-19/h2-8,12,17H,9-11,13-15H2,1H3,(H,23,26)(H,24,27). The van der Waals surface area contributed by atoms with Gasteiger partial charge in [0.1, 0.15) is 5.69 Å². The van der Waals surface area contributed by atoms with Gasteiger partial charge >= 0.3 is 6.03 Å². The Balaban J connectivity index is 1.38. The Morgan fingerprint density at radius 2 is 1.85 bits per heavy atom. The van der Waals surface area contributed by atoms with Crippen LogP contribution >= 0.6 is 0 Å². The van der Waals surface area contributed by atoms with Crippen LogP contribution in [0.5, 0.6) is 0 Å². The first kappa shape index (κ1) is 18.9. The lowest BCUT2D eigenvalue weighted by Crippen LogP contribution is -2.41. The van der Waals surface area contributed by atoms with Crippen LogP contribution in [0.3, 0.4) is 0 Å². The molecule has 2 heterocycles. The van der Waals surface area contributed by atoms with E-state index in [-0.39, 0.29) is 11.9 Å². The van der Waals surface area contributed by atoms with Crippen molar-refractivity contribution in [2.24, 2.45) is 5.92 Å². The summed E-state index contributed by atoms with van der Waals surface area (Å²) in [6, 6.07) is 13.1. The zero-order chi connectivity index (χ0) is 19.1. The van der Waals surface area contributed by atoms with Gasteiger partial charge < -0.3 is 15.5 Å². The van der Waals surface area contributed by atoms with E-state index < -0.39 is 0 Å². The number of para-hydroxylation sites is 1. The van der Waals surface area contributed by atoms with Crippen molar-refractivity contribution in [1.82, 2.24) is 15.2 Å². The van der Waals surface area contributed by atoms with Crippen molar-refractivity contribution in [3.63, 3.8) is 0 Å². The highest BCUT2D eigenvalue weighted by molar-refractivity contribution is 5.92. The fraction of sp³-hybridized carbons (Fsp3) is 0.381. The summed E-state index contributed by atoms with van der Waals surface area (Å²) in [4.78, 5) is 30.4. The SMILES string of the molecule is Cc1ccccc1NC(=O)N1CCC(CCNC(=O)c2ccccn2)CC1. The van der Waals surface area contributed by atoms with E-state index in [0.717, 1.165) is 43.6 Å². The Bertz CT molecular complexity index is 771. The smallest absolute Gasteiger partial charge is 0.321 e. The number of aryl methyl sites for hydroxylation is 1. The van der Waals surface area contributed by atoms with E-state index in [4.69, 9.17) is 0 Å². The molecule has 142 valence electrons. The predicted octanol–water partition coefficient (Wildman–Crippen LogP) is 3.45. The fourth-order valence-corrected chi connectivity index (χ4v) is 3.31. The number of carbonyl (C=O) groups is 2. The van der Waals surface area contributed by atoms with E-state index in [0.29, 0.717) is 18.2 Å². The van der Waals surface area contributed by atoms with Crippen LogP contribution in [0.2, 0.25) is 0 Å². The zero-order valence-electron chi connectivity index (χ0n) is 15.6. The van der Waals surface area contributed by atoms with Crippen molar-refractivity contribution in [2.75, 3.05) is 25.0 Å². The number of amides is 3. The van der Waals surface area contributed by atoms with Gasteiger partial charge in [-0.05, 0) is 55.9 Å². The molecular formula is C21H26N4O2. The van der Waals surface area contributed by atoms with Gasteiger partial charge in [-0.2, -0.15) is 0 Å². The number of nitrogens with one attached hydrogen (secondary N) is 2. The minimum absolute atomic E-state index is 0.0359. The second-order valence-corrected chi connectivity index (χ2v) is 6.94. The molecule has 27 heavy (non-hydrogen) atoms. The van der Waals surface area contributed by atoms with Crippen LogP contribution in [0, 0.1) is 12.8 Å². The number of carbonyl (C=O) groups excluding carboxylic acids is 2. The molecule has 0 radical (unpaired) electrons. The Kier molecular flexibility index (Phi) is 6.41. The number of pyridine rings is 1. The first-order valence-corrected chi connectivity index (χ1v) is 9.44. The lowest BCUT2D eigenvalue weighted by molar-refractivity contribution is 0.0944. The number of hydrogen-bond donors (Lipinski definition) is 2. The molecule has 0 aliphatic carbocycles. The van der Waals surface area contributed by atoms with Crippen molar-refractivity contribution in [1.29, 1.82) is 0 Å². The van der Waals surface area contributed by atoms with Gasteiger partial charge in [0.25, 0.3) is 5.91 Å². The number of anilines is 1. The molecule has 0 spiro atoms. The van der Waals surface area contributed by atoms with Crippen molar-refractivity contribution in [3.8, 4) is 0 Å². The quantitative estimate of drug-likeness (QED) is 0.851. The third-order valence-electron chi connectivity index (χ3n) is 5.02.